The third-order valence-corrected chi connectivity index (χ3v) is 5.01. The summed E-state index contributed by atoms with van der Waals surface area (Å²) in [6.45, 7) is 4.43. The van der Waals surface area contributed by atoms with Gasteiger partial charge in [-0.15, -0.1) is 0 Å². The maximum absolute atomic E-state index is 12.5. The fraction of sp³-hybridized carbons (Fsp3) is 0.500. The number of nitrogens with zero attached hydrogens (tertiary/aromatic N) is 2. The van der Waals surface area contributed by atoms with Crippen molar-refractivity contribution in [1.82, 2.24) is 20.4 Å². The smallest absolute Gasteiger partial charge is 0.325 e. The summed E-state index contributed by atoms with van der Waals surface area (Å²) in [6, 6.07) is 5.68. The topological polar surface area (TPSA) is 91.0 Å². The highest BCUT2D eigenvalue weighted by atomic mass is 35.5. The highest BCUT2D eigenvalue weighted by molar-refractivity contribution is 6.31. The van der Waals surface area contributed by atoms with Gasteiger partial charge in [0, 0.05) is 31.2 Å². The molecular weight excluding hydrogens is 372 g/mol. The van der Waals surface area contributed by atoms with Crippen LogP contribution in [0.3, 0.4) is 0 Å². The number of hydrogen-bond acceptors (Lipinski definition) is 5. The first-order valence-electron chi connectivity index (χ1n) is 8.96. The summed E-state index contributed by atoms with van der Waals surface area (Å²) in [5.41, 5.74) is 0.679. The summed E-state index contributed by atoms with van der Waals surface area (Å²) in [5.74, 6) is -0.676. The number of ether oxygens (including phenoxy) is 1. The predicted octanol–water partition coefficient (Wildman–Crippen LogP) is 0.599. The largest absolute Gasteiger partial charge is 0.379 e. The lowest BCUT2D eigenvalue weighted by atomic mass is 10.1. The van der Waals surface area contributed by atoms with E-state index in [1.165, 1.54) is 0 Å². The number of nitrogens with one attached hydrogen (secondary N) is 2. The van der Waals surface area contributed by atoms with E-state index in [2.05, 4.69) is 15.5 Å². The summed E-state index contributed by atoms with van der Waals surface area (Å²) in [7, 11) is 0. The molecule has 0 unspecified atom stereocenters. The third kappa shape index (κ3) is 5.18. The molecule has 9 heteroatoms. The van der Waals surface area contributed by atoms with Gasteiger partial charge in [-0.1, -0.05) is 29.8 Å². The molecule has 2 heterocycles. The van der Waals surface area contributed by atoms with Crippen molar-refractivity contribution < 1.29 is 19.1 Å². The highest BCUT2D eigenvalue weighted by Crippen LogP contribution is 2.20. The monoisotopic (exact) mass is 394 g/mol. The van der Waals surface area contributed by atoms with Crippen LogP contribution in [0.15, 0.2) is 24.3 Å². The Morgan fingerprint density at radius 1 is 1.26 bits per heavy atom. The number of carbonyl (C=O) groups excluding carboxylic acids is 3. The summed E-state index contributed by atoms with van der Waals surface area (Å²) in [4.78, 5) is 40.0. The van der Waals surface area contributed by atoms with Gasteiger partial charge < -0.3 is 15.4 Å². The van der Waals surface area contributed by atoms with Crippen molar-refractivity contribution in [2.24, 2.45) is 0 Å². The highest BCUT2D eigenvalue weighted by Gasteiger charge is 2.39. The third-order valence-electron chi connectivity index (χ3n) is 4.64. The zero-order valence-corrected chi connectivity index (χ0v) is 15.7. The molecule has 27 heavy (non-hydrogen) atoms. The average Bonchev–Trinajstić information content (AvgIpc) is 2.91. The average molecular weight is 395 g/mol. The van der Waals surface area contributed by atoms with Gasteiger partial charge in [-0.25, -0.2) is 4.79 Å². The molecule has 2 aliphatic rings. The van der Waals surface area contributed by atoms with Gasteiger partial charge in [-0.2, -0.15) is 0 Å². The van der Waals surface area contributed by atoms with Gasteiger partial charge in [-0.3, -0.25) is 19.4 Å². The van der Waals surface area contributed by atoms with Crippen LogP contribution in [0.1, 0.15) is 12.0 Å². The van der Waals surface area contributed by atoms with E-state index in [0.717, 1.165) is 24.5 Å². The van der Waals surface area contributed by atoms with Crippen molar-refractivity contribution in [3.63, 3.8) is 0 Å². The molecule has 0 spiro atoms. The maximum Gasteiger partial charge on any atom is 0.325 e. The predicted molar refractivity (Wildman–Crippen MR) is 99.2 cm³/mol. The molecule has 1 aromatic rings. The Bertz CT molecular complexity index is 708. The van der Waals surface area contributed by atoms with Crippen molar-refractivity contribution in [3.05, 3.63) is 34.9 Å². The lowest BCUT2D eigenvalue weighted by Crippen LogP contribution is -2.42. The fourth-order valence-corrected chi connectivity index (χ4v) is 3.29. The van der Waals surface area contributed by atoms with E-state index in [-0.39, 0.29) is 18.9 Å². The molecule has 0 aromatic heterocycles. The van der Waals surface area contributed by atoms with Gasteiger partial charge in [0.2, 0.25) is 5.91 Å². The van der Waals surface area contributed by atoms with Crippen molar-refractivity contribution in [3.8, 4) is 0 Å². The molecule has 0 saturated carbocycles. The van der Waals surface area contributed by atoms with Gasteiger partial charge in [0.15, 0.2) is 0 Å². The van der Waals surface area contributed by atoms with E-state index >= 15 is 0 Å². The molecule has 2 N–H and O–H groups in total. The van der Waals surface area contributed by atoms with Crippen LogP contribution in [0.25, 0.3) is 0 Å². The molecular formula is C18H23ClN4O4. The minimum Gasteiger partial charge on any atom is -0.379 e. The second-order valence-corrected chi connectivity index (χ2v) is 6.93. The van der Waals surface area contributed by atoms with Crippen LogP contribution in [0, 0.1) is 0 Å². The van der Waals surface area contributed by atoms with Crippen molar-refractivity contribution in [2.45, 2.75) is 19.0 Å². The van der Waals surface area contributed by atoms with Crippen LogP contribution in [0.4, 0.5) is 4.79 Å². The summed E-state index contributed by atoms with van der Waals surface area (Å²) in [6.07, 6.45) is -0.0767. The summed E-state index contributed by atoms with van der Waals surface area (Å²) >= 11 is 6.09. The molecule has 2 fully saturated rings. The number of amides is 4. The normalized spacial score (nSPS) is 20.6. The molecule has 0 aliphatic carbocycles. The second kappa shape index (κ2) is 9.16. The van der Waals surface area contributed by atoms with Crippen LogP contribution in [-0.4, -0.2) is 73.1 Å². The molecule has 1 atom stereocenters. The maximum atomic E-state index is 12.5. The number of rotatable bonds is 7. The first kappa shape index (κ1) is 19.6. The number of benzene rings is 1. The Morgan fingerprint density at radius 2 is 2.00 bits per heavy atom. The number of halogens is 1. The van der Waals surface area contributed by atoms with Crippen LogP contribution < -0.4 is 10.6 Å². The lowest BCUT2D eigenvalue weighted by molar-refractivity contribution is -0.131. The van der Waals surface area contributed by atoms with Crippen molar-refractivity contribution in [1.29, 1.82) is 0 Å². The molecule has 0 bridgehead atoms. The standard InChI is InChI=1S/C18H23ClN4O4/c19-14-4-2-1-3-13(14)12-23-17(25)15(21-18(23)26)11-16(24)20-5-6-22-7-9-27-10-8-22/h1-4,15H,5-12H2,(H,20,24)(H,21,26)/t15-/m1/s1. The SMILES string of the molecule is O=C(C[C@H]1NC(=O)N(Cc2ccccc2Cl)C1=O)NCCN1CCOCC1. The number of urea groups is 1. The minimum atomic E-state index is -0.844. The first-order chi connectivity index (χ1) is 13.0. The Balaban J connectivity index is 1.46. The van der Waals surface area contributed by atoms with Gasteiger partial charge in [0.05, 0.1) is 26.2 Å². The van der Waals surface area contributed by atoms with E-state index in [4.69, 9.17) is 16.3 Å². The number of imide groups is 1. The van der Waals surface area contributed by atoms with E-state index < -0.39 is 18.0 Å². The fourth-order valence-electron chi connectivity index (χ4n) is 3.10. The lowest BCUT2D eigenvalue weighted by Gasteiger charge is -2.26. The van der Waals surface area contributed by atoms with Crippen LogP contribution in [0.5, 0.6) is 0 Å². The second-order valence-electron chi connectivity index (χ2n) is 6.53. The number of carbonyl (C=O) groups is 3. The molecule has 0 radical (unpaired) electrons. The van der Waals surface area contributed by atoms with Crippen LogP contribution in [0.2, 0.25) is 5.02 Å². The Hall–Kier alpha value is -2.16. The molecule has 8 nitrogen and oxygen atoms in total. The van der Waals surface area contributed by atoms with Gasteiger partial charge in [-0.05, 0) is 11.6 Å². The van der Waals surface area contributed by atoms with E-state index in [0.29, 0.717) is 30.3 Å². The van der Waals surface area contributed by atoms with Crippen LogP contribution >= 0.6 is 11.6 Å². The summed E-state index contributed by atoms with van der Waals surface area (Å²) < 4.78 is 5.28. The van der Waals surface area contributed by atoms with E-state index in [9.17, 15) is 14.4 Å². The van der Waals surface area contributed by atoms with Gasteiger partial charge in [0.1, 0.15) is 6.04 Å². The minimum absolute atomic E-state index is 0.0767. The number of morpholine rings is 1. The molecule has 1 aromatic carbocycles. The van der Waals surface area contributed by atoms with Gasteiger partial charge in [0.25, 0.3) is 5.91 Å². The van der Waals surface area contributed by atoms with Gasteiger partial charge >= 0.3 is 6.03 Å². The quantitative estimate of drug-likeness (QED) is 0.661. The first-order valence-corrected chi connectivity index (χ1v) is 9.34. The molecule has 2 saturated heterocycles. The number of hydrogen-bond donors (Lipinski definition) is 2. The molecule has 2 aliphatic heterocycles. The van der Waals surface area contributed by atoms with Crippen molar-refractivity contribution >= 4 is 29.4 Å². The van der Waals surface area contributed by atoms with Crippen LogP contribution in [-0.2, 0) is 20.9 Å². The Kier molecular flexibility index (Phi) is 6.65. The zero-order chi connectivity index (χ0) is 19.2. The van der Waals surface area contributed by atoms with E-state index in [1.807, 2.05) is 0 Å². The Labute approximate surface area is 162 Å². The van der Waals surface area contributed by atoms with Crippen molar-refractivity contribution in [2.75, 3.05) is 39.4 Å². The molecule has 146 valence electrons. The Morgan fingerprint density at radius 3 is 2.74 bits per heavy atom. The van der Waals surface area contributed by atoms with E-state index in [1.54, 1.807) is 24.3 Å². The summed E-state index contributed by atoms with van der Waals surface area (Å²) in [5, 5.41) is 5.86. The molecule has 3 rings (SSSR count). The molecule has 4 amide bonds. The zero-order valence-electron chi connectivity index (χ0n) is 14.9.